The van der Waals surface area contributed by atoms with E-state index in [4.69, 9.17) is 4.74 Å². The Hall–Kier alpha value is -1.15. The SMILES string of the molecule is CC1OC(C)C(C(=O)c2ccccc2)C1C. The van der Waals surface area contributed by atoms with Gasteiger partial charge in [0.15, 0.2) is 5.78 Å². The minimum atomic E-state index is -0.00241. The number of benzene rings is 1. The number of hydrogen-bond acceptors (Lipinski definition) is 2. The predicted molar refractivity (Wildman–Crippen MR) is 63.4 cm³/mol. The maximum atomic E-state index is 12.3. The van der Waals surface area contributed by atoms with Crippen molar-refractivity contribution < 1.29 is 9.53 Å². The van der Waals surface area contributed by atoms with Gasteiger partial charge in [0.1, 0.15) is 0 Å². The summed E-state index contributed by atoms with van der Waals surface area (Å²) in [5.74, 6) is 0.505. The Labute approximate surface area is 96.6 Å². The number of Topliss-reactive ketones (excluding diaryl/α,β-unsaturated/α-hetero) is 1. The molecule has 0 N–H and O–H groups in total. The minimum absolute atomic E-state index is 0.00241. The monoisotopic (exact) mass is 218 g/mol. The second kappa shape index (κ2) is 4.38. The molecule has 2 rings (SSSR count). The number of hydrogen-bond donors (Lipinski definition) is 0. The van der Waals surface area contributed by atoms with Crippen molar-refractivity contribution in [3.05, 3.63) is 35.9 Å². The molecule has 1 aromatic rings. The van der Waals surface area contributed by atoms with Crippen LogP contribution in [-0.2, 0) is 4.74 Å². The molecule has 1 aliphatic rings. The first-order chi connectivity index (χ1) is 7.61. The van der Waals surface area contributed by atoms with Gasteiger partial charge in [0.25, 0.3) is 0 Å². The molecule has 1 aliphatic heterocycles. The van der Waals surface area contributed by atoms with Gasteiger partial charge in [0.05, 0.1) is 18.1 Å². The van der Waals surface area contributed by atoms with E-state index in [0.29, 0.717) is 5.92 Å². The van der Waals surface area contributed by atoms with E-state index in [1.165, 1.54) is 0 Å². The van der Waals surface area contributed by atoms with E-state index >= 15 is 0 Å². The molecular weight excluding hydrogens is 200 g/mol. The lowest BCUT2D eigenvalue weighted by Gasteiger charge is -2.16. The topological polar surface area (TPSA) is 26.3 Å². The summed E-state index contributed by atoms with van der Waals surface area (Å²) in [6.45, 7) is 6.13. The molecule has 2 nitrogen and oxygen atoms in total. The van der Waals surface area contributed by atoms with Crippen LogP contribution in [-0.4, -0.2) is 18.0 Å². The van der Waals surface area contributed by atoms with Crippen LogP contribution in [0.3, 0.4) is 0 Å². The fraction of sp³-hybridized carbons (Fsp3) is 0.500. The lowest BCUT2D eigenvalue weighted by atomic mass is 9.83. The van der Waals surface area contributed by atoms with Crippen LogP contribution in [0.2, 0.25) is 0 Å². The Morgan fingerprint density at radius 3 is 2.19 bits per heavy atom. The van der Waals surface area contributed by atoms with Crippen molar-refractivity contribution in [3.63, 3.8) is 0 Å². The van der Waals surface area contributed by atoms with Gasteiger partial charge in [-0.05, 0) is 19.8 Å². The minimum Gasteiger partial charge on any atom is -0.374 e. The molecule has 0 aromatic heterocycles. The molecule has 16 heavy (non-hydrogen) atoms. The normalized spacial score (nSPS) is 33.9. The highest BCUT2D eigenvalue weighted by Crippen LogP contribution is 2.34. The molecule has 1 saturated heterocycles. The standard InChI is InChI=1S/C14H18O2/c1-9-10(2)16-11(3)13(9)14(15)12-7-5-4-6-8-12/h4-11,13H,1-3H3. The van der Waals surface area contributed by atoms with Crippen molar-refractivity contribution in [2.45, 2.75) is 33.0 Å². The van der Waals surface area contributed by atoms with E-state index in [2.05, 4.69) is 6.92 Å². The predicted octanol–water partition coefficient (Wildman–Crippen LogP) is 2.93. The third kappa shape index (κ3) is 1.90. The van der Waals surface area contributed by atoms with Crippen LogP contribution in [0, 0.1) is 11.8 Å². The van der Waals surface area contributed by atoms with Crippen LogP contribution >= 0.6 is 0 Å². The maximum absolute atomic E-state index is 12.3. The first-order valence-electron chi connectivity index (χ1n) is 5.86. The van der Waals surface area contributed by atoms with E-state index in [-0.39, 0.29) is 23.9 Å². The van der Waals surface area contributed by atoms with Gasteiger partial charge in [-0.25, -0.2) is 0 Å². The summed E-state index contributed by atoms with van der Waals surface area (Å²) in [5, 5.41) is 0. The Bertz CT molecular complexity index is 372. The van der Waals surface area contributed by atoms with Gasteiger partial charge in [-0.3, -0.25) is 4.79 Å². The molecule has 1 heterocycles. The van der Waals surface area contributed by atoms with E-state index in [9.17, 15) is 4.79 Å². The van der Waals surface area contributed by atoms with Gasteiger partial charge in [-0.1, -0.05) is 37.3 Å². The lowest BCUT2D eigenvalue weighted by Crippen LogP contribution is -2.26. The van der Waals surface area contributed by atoms with Crippen LogP contribution in [0.5, 0.6) is 0 Å². The molecule has 4 unspecified atom stereocenters. The Kier molecular flexibility index (Phi) is 3.10. The van der Waals surface area contributed by atoms with Crippen LogP contribution in [0.15, 0.2) is 30.3 Å². The summed E-state index contributed by atoms with van der Waals surface area (Å²) < 4.78 is 5.71. The zero-order valence-electron chi connectivity index (χ0n) is 10.0. The highest BCUT2D eigenvalue weighted by Gasteiger charge is 2.41. The Balaban J connectivity index is 2.23. The van der Waals surface area contributed by atoms with Crippen molar-refractivity contribution in [2.75, 3.05) is 0 Å². The van der Waals surface area contributed by atoms with Crippen LogP contribution < -0.4 is 0 Å². The van der Waals surface area contributed by atoms with Gasteiger partial charge < -0.3 is 4.74 Å². The number of ketones is 1. The third-order valence-corrected chi connectivity index (χ3v) is 3.60. The van der Waals surface area contributed by atoms with Gasteiger partial charge in [-0.2, -0.15) is 0 Å². The molecule has 1 aromatic carbocycles. The molecule has 0 spiro atoms. The molecule has 0 saturated carbocycles. The number of carbonyl (C=O) groups is 1. The zero-order valence-corrected chi connectivity index (χ0v) is 10.0. The lowest BCUT2D eigenvalue weighted by molar-refractivity contribution is 0.0491. The summed E-state index contributed by atoms with van der Waals surface area (Å²) in [4.78, 5) is 12.3. The van der Waals surface area contributed by atoms with E-state index < -0.39 is 0 Å². The Morgan fingerprint density at radius 1 is 1.06 bits per heavy atom. The molecular formula is C14H18O2. The van der Waals surface area contributed by atoms with Crippen LogP contribution in [0.1, 0.15) is 31.1 Å². The van der Waals surface area contributed by atoms with E-state index in [1.54, 1.807) is 0 Å². The largest absolute Gasteiger partial charge is 0.374 e. The molecule has 4 atom stereocenters. The van der Waals surface area contributed by atoms with Crippen LogP contribution in [0.25, 0.3) is 0 Å². The van der Waals surface area contributed by atoms with Gasteiger partial charge in [0.2, 0.25) is 0 Å². The van der Waals surface area contributed by atoms with Crippen molar-refractivity contribution >= 4 is 5.78 Å². The average Bonchev–Trinajstić information content (AvgIpc) is 2.54. The highest BCUT2D eigenvalue weighted by molar-refractivity contribution is 5.98. The zero-order chi connectivity index (χ0) is 11.7. The fourth-order valence-corrected chi connectivity index (χ4v) is 2.51. The molecule has 0 bridgehead atoms. The molecule has 0 amide bonds. The summed E-state index contributed by atoms with van der Waals surface area (Å²) in [7, 11) is 0. The van der Waals surface area contributed by atoms with E-state index in [0.717, 1.165) is 5.56 Å². The molecule has 0 radical (unpaired) electrons. The Morgan fingerprint density at radius 2 is 1.69 bits per heavy atom. The van der Waals surface area contributed by atoms with Crippen molar-refractivity contribution in [1.29, 1.82) is 0 Å². The number of carbonyl (C=O) groups excluding carboxylic acids is 1. The molecule has 0 aliphatic carbocycles. The number of ether oxygens (including phenoxy) is 1. The van der Waals surface area contributed by atoms with Crippen molar-refractivity contribution in [2.24, 2.45) is 11.8 Å². The fourth-order valence-electron chi connectivity index (χ4n) is 2.51. The molecule has 2 heteroatoms. The first kappa shape index (κ1) is 11.3. The van der Waals surface area contributed by atoms with Gasteiger partial charge in [-0.15, -0.1) is 0 Å². The van der Waals surface area contributed by atoms with Gasteiger partial charge >= 0.3 is 0 Å². The third-order valence-electron chi connectivity index (χ3n) is 3.60. The van der Waals surface area contributed by atoms with Crippen LogP contribution in [0.4, 0.5) is 0 Å². The smallest absolute Gasteiger partial charge is 0.168 e. The summed E-state index contributed by atoms with van der Waals surface area (Å²) in [5.41, 5.74) is 0.795. The van der Waals surface area contributed by atoms with Gasteiger partial charge in [0, 0.05) is 5.56 Å². The summed E-state index contributed by atoms with van der Waals surface area (Å²) in [6.07, 6.45) is 0.199. The van der Waals surface area contributed by atoms with Crippen molar-refractivity contribution in [1.82, 2.24) is 0 Å². The second-order valence-corrected chi connectivity index (χ2v) is 4.66. The second-order valence-electron chi connectivity index (χ2n) is 4.66. The maximum Gasteiger partial charge on any atom is 0.168 e. The summed E-state index contributed by atoms with van der Waals surface area (Å²) in [6, 6.07) is 9.50. The van der Waals surface area contributed by atoms with E-state index in [1.807, 2.05) is 44.2 Å². The molecule has 1 fully saturated rings. The number of rotatable bonds is 2. The average molecular weight is 218 g/mol. The first-order valence-corrected chi connectivity index (χ1v) is 5.86. The molecule has 86 valence electrons. The highest BCUT2D eigenvalue weighted by atomic mass is 16.5. The summed E-state index contributed by atoms with van der Waals surface area (Å²) >= 11 is 0. The quantitative estimate of drug-likeness (QED) is 0.713. The van der Waals surface area contributed by atoms with Crippen molar-refractivity contribution in [3.8, 4) is 0 Å².